The minimum absolute atomic E-state index is 0.654. The molecule has 0 saturated heterocycles. The zero-order valence-corrected chi connectivity index (χ0v) is 18.6. The monoisotopic (exact) mass is 409 g/mol. The summed E-state index contributed by atoms with van der Waals surface area (Å²) < 4.78 is 2.40. The van der Waals surface area contributed by atoms with Crippen molar-refractivity contribution in [3.05, 3.63) is 115 Å². The molecule has 0 aliphatic rings. The molecule has 1 aromatic heterocycles. The lowest BCUT2D eigenvalue weighted by Gasteiger charge is -2.23. The number of allylic oxidation sites excluding steroid dienone is 2. The van der Waals surface area contributed by atoms with Crippen LogP contribution >= 0.6 is 7.92 Å². The van der Waals surface area contributed by atoms with Crippen LogP contribution < -0.4 is 16.0 Å². The van der Waals surface area contributed by atoms with Crippen molar-refractivity contribution in [3.8, 4) is 5.69 Å². The molecule has 30 heavy (non-hydrogen) atoms. The topological polar surface area (TPSA) is 4.93 Å². The van der Waals surface area contributed by atoms with Crippen LogP contribution in [0.3, 0.4) is 0 Å². The molecule has 2 heteroatoms. The van der Waals surface area contributed by atoms with Gasteiger partial charge in [0.15, 0.2) is 0 Å². The Morgan fingerprint density at radius 2 is 1.33 bits per heavy atom. The van der Waals surface area contributed by atoms with E-state index in [0.717, 1.165) is 12.8 Å². The molecule has 0 spiro atoms. The van der Waals surface area contributed by atoms with Gasteiger partial charge in [-0.05, 0) is 47.2 Å². The maximum absolute atomic E-state index is 2.40. The summed E-state index contributed by atoms with van der Waals surface area (Å²) in [7, 11) is -0.654. The van der Waals surface area contributed by atoms with E-state index >= 15 is 0 Å². The van der Waals surface area contributed by atoms with Crippen LogP contribution in [-0.2, 0) is 0 Å². The van der Waals surface area contributed by atoms with Gasteiger partial charge in [-0.1, -0.05) is 98.8 Å². The van der Waals surface area contributed by atoms with Crippen molar-refractivity contribution < 1.29 is 0 Å². The molecule has 3 aromatic carbocycles. The van der Waals surface area contributed by atoms with Gasteiger partial charge < -0.3 is 4.57 Å². The Labute approximate surface area is 181 Å². The summed E-state index contributed by atoms with van der Waals surface area (Å²) in [4.78, 5) is 0. The Bertz CT molecular complexity index is 1070. The van der Waals surface area contributed by atoms with Gasteiger partial charge in [0.05, 0.1) is 11.1 Å². The molecule has 4 aromatic rings. The van der Waals surface area contributed by atoms with Crippen molar-refractivity contribution in [2.75, 3.05) is 0 Å². The number of rotatable bonds is 7. The molecule has 150 valence electrons. The summed E-state index contributed by atoms with van der Waals surface area (Å²) in [6.07, 6.45) is 6.66. The van der Waals surface area contributed by atoms with Crippen LogP contribution in [-0.4, -0.2) is 4.57 Å². The molecule has 0 unspecified atom stereocenters. The molecule has 0 bridgehead atoms. The Morgan fingerprint density at radius 1 is 0.733 bits per heavy atom. The van der Waals surface area contributed by atoms with Gasteiger partial charge in [0.2, 0.25) is 0 Å². The second kappa shape index (κ2) is 9.74. The van der Waals surface area contributed by atoms with Crippen molar-refractivity contribution in [2.45, 2.75) is 26.7 Å². The summed E-state index contributed by atoms with van der Waals surface area (Å²) >= 11 is 0. The van der Waals surface area contributed by atoms with Gasteiger partial charge in [-0.25, -0.2) is 0 Å². The normalized spacial score (nSPS) is 11.8. The molecule has 4 rings (SSSR count). The number of hydrogen-bond acceptors (Lipinski definition) is 0. The third kappa shape index (κ3) is 4.18. The highest BCUT2D eigenvalue weighted by Gasteiger charge is 2.21. The van der Waals surface area contributed by atoms with Crippen LogP contribution in [0.4, 0.5) is 0 Å². The summed E-state index contributed by atoms with van der Waals surface area (Å²) in [5.41, 5.74) is 5.35. The Balaban J connectivity index is 1.90. The largest absolute Gasteiger partial charge is 0.316 e. The lowest BCUT2D eigenvalue weighted by Crippen LogP contribution is -2.25. The Morgan fingerprint density at radius 3 is 1.93 bits per heavy atom. The van der Waals surface area contributed by atoms with Gasteiger partial charge in [-0.3, -0.25) is 0 Å². The minimum atomic E-state index is -0.654. The van der Waals surface area contributed by atoms with Crippen LogP contribution in [0.5, 0.6) is 0 Å². The minimum Gasteiger partial charge on any atom is -0.316 e. The summed E-state index contributed by atoms with van der Waals surface area (Å²) in [5.74, 6) is 0. The summed E-state index contributed by atoms with van der Waals surface area (Å²) in [6, 6.07) is 35.1. The standard InChI is InChI=1S/C28H28NP/c1-3-14-23(4-2)26-19-11-12-20-27(26)29-22-13-21-28(29)30(24-15-7-5-8-16-24)25-17-9-6-10-18-25/h5-22H,3-4H2,1-2H3/b23-14+. The van der Waals surface area contributed by atoms with Crippen LogP contribution in [0.25, 0.3) is 11.3 Å². The molecular weight excluding hydrogens is 381 g/mol. The average molecular weight is 410 g/mol. The first-order valence-electron chi connectivity index (χ1n) is 10.7. The van der Waals surface area contributed by atoms with E-state index in [4.69, 9.17) is 0 Å². The number of benzene rings is 3. The molecule has 0 fully saturated rings. The molecule has 0 aliphatic carbocycles. The first kappa shape index (κ1) is 20.4. The highest BCUT2D eigenvalue weighted by Crippen LogP contribution is 2.35. The molecule has 0 aliphatic heterocycles. The highest BCUT2D eigenvalue weighted by molar-refractivity contribution is 7.79. The number of para-hydroxylation sites is 1. The molecule has 0 radical (unpaired) electrons. The fraction of sp³-hybridized carbons (Fsp3) is 0.143. The van der Waals surface area contributed by atoms with Gasteiger partial charge in [-0.15, -0.1) is 0 Å². The number of aromatic nitrogens is 1. The van der Waals surface area contributed by atoms with E-state index in [-0.39, 0.29) is 0 Å². The van der Waals surface area contributed by atoms with Gasteiger partial charge in [-0.2, -0.15) is 0 Å². The maximum Gasteiger partial charge on any atom is 0.0549 e. The van der Waals surface area contributed by atoms with E-state index in [0.29, 0.717) is 0 Å². The average Bonchev–Trinajstić information content (AvgIpc) is 3.28. The van der Waals surface area contributed by atoms with Crippen LogP contribution in [0, 0.1) is 0 Å². The zero-order chi connectivity index (χ0) is 20.8. The lowest BCUT2D eigenvalue weighted by molar-refractivity contribution is 1.09. The van der Waals surface area contributed by atoms with Crippen molar-refractivity contribution >= 4 is 29.5 Å². The molecule has 0 N–H and O–H groups in total. The highest BCUT2D eigenvalue weighted by atomic mass is 31.1. The smallest absolute Gasteiger partial charge is 0.0549 e. The van der Waals surface area contributed by atoms with Crippen LogP contribution in [0.15, 0.2) is 109 Å². The van der Waals surface area contributed by atoms with Crippen LogP contribution in [0.2, 0.25) is 0 Å². The van der Waals surface area contributed by atoms with E-state index < -0.39 is 7.92 Å². The van der Waals surface area contributed by atoms with E-state index in [2.05, 4.69) is 128 Å². The quantitative estimate of drug-likeness (QED) is 0.310. The van der Waals surface area contributed by atoms with Crippen molar-refractivity contribution in [1.82, 2.24) is 4.57 Å². The molecular formula is C28H28NP. The molecule has 0 amide bonds. The predicted molar refractivity (Wildman–Crippen MR) is 133 cm³/mol. The van der Waals surface area contributed by atoms with Gasteiger partial charge in [0.25, 0.3) is 0 Å². The first-order valence-corrected chi connectivity index (χ1v) is 12.0. The molecule has 0 saturated carbocycles. The van der Waals surface area contributed by atoms with Crippen molar-refractivity contribution in [2.24, 2.45) is 0 Å². The second-order valence-electron chi connectivity index (χ2n) is 7.25. The summed E-state index contributed by atoms with van der Waals surface area (Å²) in [5, 5.41) is 2.74. The zero-order valence-electron chi connectivity index (χ0n) is 17.7. The third-order valence-corrected chi connectivity index (χ3v) is 7.78. The third-order valence-electron chi connectivity index (χ3n) is 5.33. The van der Waals surface area contributed by atoms with E-state index in [9.17, 15) is 0 Å². The van der Waals surface area contributed by atoms with Gasteiger partial charge in [0.1, 0.15) is 0 Å². The summed E-state index contributed by atoms with van der Waals surface area (Å²) in [6.45, 7) is 4.46. The molecule has 1 nitrogen and oxygen atoms in total. The number of nitrogens with zero attached hydrogens (tertiary/aromatic N) is 1. The van der Waals surface area contributed by atoms with Crippen molar-refractivity contribution in [1.29, 1.82) is 0 Å². The maximum atomic E-state index is 2.40. The van der Waals surface area contributed by atoms with Crippen LogP contribution in [0.1, 0.15) is 32.3 Å². The fourth-order valence-corrected chi connectivity index (χ4v) is 6.36. The number of hydrogen-bond donors (Lipinski definition) is 0. The molecule has 0 atom stereocenters. The van der Waals surface area contributed by atoms with Gasteiger partial charge >= 0.3 is 0 Å². The fourth-order valence-electron chi connectivity index (χ4n) is 3.97. The Kier molecular flexibility index (Phi) is 6.62. The SMILES string of the molecule is CC/C=C(\CC)c1ccccc1-n1cccc1P(c1ccccc1)c1ccccc1. The second-order valence-corrected chi connectivity index (χ2v) is 9.41. The predicted octanol–water partition coefficient (Wildman–Crippen LogP) is 6.44. The Hall–Kier alpha value is -2.89. The first-order chi connectivity index (χ1) is 14.8. The van der Waals surface area contributed by atoms with Gasteiger partial charge in [0, 0.05) is 19.7 Å². The molecule has 1 heterocycles. The van der Waals surface area contributed by atoms with E-state index in [1.54, 1.807) is 0 Å². The van der Waals surface area contributed by atoms with E-state index in [1.807, 2.05) is 0 Å². The van der Waals surface area contributed by atoms with Crippen molar-refractivity contribution in [3.63, 3.8) is 0 Å². The lowest BCUT2D eigenvalue weighted by atomic mass is 10.0. The van der Waals surface area contributed by atoms with E-state index in [1.165, 1.54) is 32.9 Å².